The summed E-state index contributed by atoms with van der Waals surface area (Å²) in [5, 5.41) is 49.7. The van der Waals surface area contributed by atoms with Crippen LogP contribution in [0.2, 0.25) is 0 Å². The minimum absolute atomic E-state index is 0.0132. The summed E-state index contributed by atoms with van der Waals surface area (Å²) >= 11 is 0. The van der Waals surface area contributed by atoms with Crippen LogP contribution in [0.15, 0.2) is 30.3 Å². The number of unbranched alkanes of at least 4 members (excludes halogenated alkanes) is 4. The Morgan fingerprint density at radius 2 is 1.02 bits per heavy atom. The van der Waals surface area contributed by atoms with Crippen molar-refractivity contribution in [2.24, 2.45) is 34.6 Å². The molecule has 85 heavy (non-hydrogen) atoms. The number of aliphatic hydroxyl groups is 2. The van der Waals surface area contributed by atoms with Crippen molar-refractivity contribution in [1.29, 1.82) is 0 Å². The molecule has 1 aliphatic heterocycles. The first kappa shape index (κ1) is 74.2. The molecule has 29 nitrogen and oxygen atoms in total. The van der Waals surface area contributed by atoms with Gasteiger partial charge in [0, 0.05) is 19.4 Å². The number of rotatable bonds is 30. The van der Waals surface area contributed by atoms with Crippen molar-refractivity contribution in [3.8, 4) is 0 Å². The Morgan fingerprint density at radius 3 is 1.52 bits per heavy atom. The van der Waals surface area contributed by atoms with Gasteiger partial charge < -0.3 is 97.4 Å². The number of amides is 11. The molecule has 0 aliphatic carbocycles. The van der Waals surface area contributed by atoms with Gasteiger partial charge in [-0.3, -0.25) is 52.7 Å². The molecule has 0 aromatic heterocycles. The largest absolute Gasteiger partial charge is 0.391 e. The summed E-state index contributed by atoms with van der Waals surface area (Å²) in [5.74, 6) is -9.67. The molecule has 0 bridgehead atoms. The van der Waals surface area contributed by atoms with Gasteiger partial charge in [-0.2, -0.15) is 0 Å². The average Bonchev–Trinajstić information content (AvgIpc) is 3.68. The lowest BCUT2D eigenvalue weighted by Crippen LogP contribution is -2.62. The number of nitrogens with one attached hydrogen (secondary N) is 11. The third kappa shape index (κ3) is 27.4. The van der Waals surface area contributed by atoms with E-state index in [2.05, 4.69) is 65.4 Å². The fraction of sp³-hybridized carbons (Fsp3) is 0.696. The lowest BCUT2D eigenvalue weighted by Gasteiger charge is -2.29. The zero-order valence-electron chi connectivity index (χ0n) is 50.0. The second-order valence-corrected chi connectivity index (χ2v) is 21.8. The molecule has 1 aromatic carbocycles. The molecule has 0 spiro atoms. The van der Waals surface area contributed by atoms with Crippen LogP contribution in [0.4, 0.5) is 0 Å². The second kappa shape index (κ2) is 40.4. The minimum atomic E-state index is -1.69. The SMILES string of the molecule is CCCCCCCC(=O)N[C@@H](CCN)C(=O)N[C@H](C(=O)N[C@@H](CCN)C(=O)N[C@H]1CCNC(=O)[C@H]([C@@H](C)O)NC(=O)[C@H](CCN)NC(=O)[C@H](CCN)NC(=O)C(Cc2ccccc2)NC(=O)[C@@H](CCC(C)C)NC(=O)[C@@H](CCN)NC1=O)[C@H](C)O. The zero-order chi connectivity index (χ0) is 63.6. The zero-order valence-corrected chi connectivity index (χ0v) is 50.0. The summed E-state index contributed by atoms with van der Waals surface area (Å²) in [6.45, 7) is 7.09. The Hall–Kier alpha value is -6.89. The first-order valence-electron chi connectivity index (χ1n) is 29.7. The standard InChI is InChI=1S/C56H98N16O13/c1-6-7-8-9-13-16-44(75)63-37(19-25-57)52(81)72-46(34(5)74)56(85)69-40(22-28-60)50(79)68-42-24-30-62-55(84)45(33(4)73)71-53(82)41(23-29-61)66-49(78)39(21-27-59)67-54(83)43(31-35-14-11-10-12-15-35)70-47(76)36(18-17-32(2)3)64-48(77)38(20-26-58)65-51(42)80/h10-12,14-15,32-34,36-43,45-46,73-74H,6-9,13,16-31,57-61H2,1-5H3,(H,62,84)(H,63,75)(H,64,77)(H,65,80)(H,66,78)(H,67,83)(H,68,79)(H,69,85)(H,70,76)(H,71,82)(H,72,81)/t33-,34+,36-,37+,38-,39+,40+,41+,42+,43?,45+,46+/m1/s1. The van der Waals surface area contributed by atoms with E-state index in [0.29, 0.717) is 18.4 Å². The number of benzene rings is 1. The molecular weight excluding hydrogens is 1100 g/mol. The Morgan fingerprint density at radius 1 is 0.541 bits per heavy atom. The predicted molar refractivity (Wildman–Crippen MR) is 316 cm³/mol. The van der Waals surface area contributed by atoms with E-state index in [4.69, 9.17) is 28.7 Å². The van der Waals surface area contributed by atoms with E-state index in [1.165, 1.54) is 13.8 Å². The molecule has 1 aromatic rings. The molecule has 0 radical (unpaired) electrons. The number of nitrogens with two attached hydrogens (primary N) is 5. The maximum Gasteiger partial charge on any atom is 0.245 e. The van der Waals surface area contributed by atoms with Crippen LogP contribution in [-0.2, 0) is 59.2 Å². The topological polar surface area (TPSA) is 491 Å². The molecule has 1 unspecified atom stereocenters. The summed E-state index contributed by atoms with van der Waals surface area (Å²) in [5.41, 5.74) is 30.0. The van der Waals surface area contributed by atoms with Crippen molar-refractivity contribution in [2.45, 2.75) is 204 Å². The highest BCUT2D eigenvalue weighted by Crippen LogP contribution is 2.13. The van der Waals surface area contributed by atoms with E-state index < -0.39 is 151 Å². The van der Waals surface area contributed by atoms with Crippen LogP contribution < -0.4 is 87.2 Å². The van der Waals surface area contributed by atoms with Crippen LogP contribution in [0, 0.1) is 5.92 Å². The molecule has 29 heteroatoms. The van der Waals surface area contributed by atoms with Crippen molar-refractivity contribution in [3.63, 3.8) is 0 Å². The van der Waals surface area contributed by atoms with E-state index in [-0.39, 0.29) is 90.0 Å². The van der Waals surface area contributed by atoms with E-state index >= 15 is 0 Å². The summed E-state index contributed by atoms with van der Waals surface area (Å²) in [7, 11) is 0. The van der Waals surface area contributed by atoms with Crippen LogP contribution in [-0.4, -0.2) is 187 Å². The molecule has 23 N–H and O–H groups in total. The van der Waals surface area contributed by atoms with Gasteiger partial charge in [-0.1, -0.05) is 76.8 Å². The predicted octanol–water partition coefficient (Wildman–Crippen LogP) is -5.10. The molecule has 0 saturated carbocycles. The molecule has 1 heterocycles. The Bertz CT molecular complexity index is 2300. The smallest absolute Gasteiger partial charge is 0.245 e. The quantitative estimate of drug-likeness (QED) is 0.0321. The Labute approximate surface area is 498 Å². The number of aliphatic hydroxyl groups excluding tert-OH is 2. The highest BCUT2D eigenvalue weighted by Gasteiger charge is 2.37. The third-order valence-corrected chi connectivity index (χ3v) is 14.0. The highest BCUT2D eigenvalue weighted by molar-refractivity contribution is 5.99. The van der Waals surface area contributed by atoms with Gasteiger partial charge in [0.05, 0.1) is 12.2 Å². The summed E-state index contributed by atoms with van der Waals surface area (Å²) in [6.07, 6.45) is 0.466. The van der Waals surface area contributed by atoms with Crippen molar-refractivity contribution >= 4 is 65.0 Å². The number of hydrogen-bond donors (Lipinski definition) is 18. The van der Waals surface area contributed by atoms with Crippen LogP contribution in [0.5, 0.6) is 0 Å². The van der Waals surface area contributed by atoms with Crippen molar-refractivity contribution < 1.29 is 63.0 Å². The van der Waals surface area contributed by atoms with Gasteiger partial charge >= 0.3 is 0 Å². The first-order valence-corrected chi connectivity index (χ1v) is 29.7. The summed E-state index contributed by atoms with van der Waals surface area (Å²) in [6, 6.07) is -6.14. The monoisotopic (exact) mass is 1200 g/mol. The lowest BCUT2D eigenvalue weighted by atomic mass is 10.00. The fourth-order valence-corrected chi connectivity index (χ4v) is 9.09. The van der Waals surface area contributed by atoms with Gasteiger partial charge in [-0.15, -0.1) is 0 Å². The van der Waals surface area contributed by atoms with Crippen LogP contribution >= 0.6 is 0 Å². The first-order chi connectivity index (χ1) is 40.4. The maximum absolute atomic E-state index is 14.5. The van der Waals surface area contributed by atoms with Crippen molar-refractivity contribution in [2.75, 3.05) is 39.3 Å². The van der Waals surface area contributed by atoms with Gasteiger partial charge in [0.15, 0.2) is 0 Å². The van der Waals surface area contributed by atoms with E-state index in [0.717, 1.165) is 25.7 Å². The minimum Gasteiger partial charge on any atom is -0.391 e. The number of carbonyl (C=O) groups excluding carboxylic acids is 11. The van der Waals surface area contributed by atoms with Crippen LogP contribution in [0.25, 0.3) is 0 Å². The third-order valence-electron chi connectivity index (χ3n) is 14.0. The van der Waals surface area contributed by atoms with Crippen LogP contribution in [0.3, 0.4) is 0 Å². The average molecular weight is 1200 g/mol. The number of hydrogen-bond acceptors (Lipinski definition) is 18. The molecule has 2 rings (SSSR count). The Balaban J connectivity index is 2.68. The van der Waals surface area contributed by atoms with Gasteiger partial charge in [-0.25, -0.2) is 0 Å². The molecule has 12 atom stereocenters. The van der Waals surface area contributed by atoms with Gasteiger partial charge in [0.25, 0.3) is 0 Å². The molecule has 1 saturated heterocycles. The molecule has 1 aliphatic rings. The molecule has 11 amide bonds. The highest BCUT2D eigenvalue weighted by atomic mass is 16.3. The van der Waals surface area contributed by atoms with E-state index in [1.807, 2.05) is 13.8 Å². The molecular formula is C56H98N16O13. The number of carbonyl (C=O) groups is 11. The second-order valence-electron chi connectivity index (χ2n) is 21.8. The van der Waals surface area contributed by atoms with Crippen molar-refractivity contribution in [1.82, 2.24) is 58.5 Å². The van der Waals surface area contributed by atoms with E-state index in [1.54, 1.807) is 30.3 Å². The van der Waals surface area contributed by atoms with Gasteiger partial charge in [0.2, 0.25) is 65.0 Å². The molecule has 480 valence electrons. The van der Waals surface area contributed by atoms with Crippen LogP contribution in [0.1, 0.15) is 130 Å². The lowest BCUT2D eigenvalue weighted by molar-refractivity contribution is -0.137. The maximum atomic E-state index is 14.5. The van der Waals surface area contributed by atoms with Gasteiger partial charge in [0.1, 0.15) is 60.4 Å². The summed E-state index contributed by atoms with van der Waals surface area (Å²) < 4.78 is 0. The van der Waals surface area contributed by atoms with Crippen molar-refractivity contribution in [3.05, 3.63) is 35.9 Å². The normalized spacial score (nSPS) is 22.5. The van der Waals surface area contributed by atoms with Gasteiger partial charge in [-0.05, 0) is 116 Å². The summed E-state index contributed by atoms with van der Waals surface area (Å²) in [4.78, 5) is 154. The van der Waals surface area contributed by atoms with E-state index in [9.17, 15) is 63.0 Å². The molecule has 1 fully saturated rings. The Kier molecular flexibility index (Phi) is 35.3. The fourth-order valence-electron chi connectivity index (χ4n) is 9.09.